The summed E-state index contributed by atoms with van der Waals surface area (Å²) in [6.45, 7) is 4.02. The molecule has 198 valence electrons. The molecule has 5 rings (SSSR count). The highest BCUT2D eigenvalue weighted by molar-refractivity contribution is 7.88. The molecular formula is C26H33N5O5S. The fourth-order valence-electron chi connectivity index (χ4n) is 5.02. The molecule has 2 aromatic heterocycles. The van der Waals surface area contributed by atoms with Gasteiger partial charge in [-0.3, -0.25) is 4.98 Å². The first kappa shape index (κ1) is 25.9. The molecule has 2 aliphatic heterocycles. The Labute approximate surface area is 217 Å². The van der Waals surface area contributed by atoms with Crippen molar-refractivity contribution in [3.63, 3.8) is 0 Å². The zero-order chi connectivity index (χ0) is 25.8. The first-order valence-electron chi connectivity index (χ1n) is 12.7. The molecule has 1 N–H and O–H groups in total. The van der Waals surface area contributed by atoms with Gasteiger partial charge in [0.05, 0.1) is 30.7 Å². The van der Waals surface area contributed by atoms with Crippen molar-refractivity contribution in [2.24, 2.45) is 0 Å². The number of pyridine rings is 1. The minimum absolute atomic E-state index is 0.155. The van der Waals surface area contributed by atoms with E-state index in [1.54, 1.807) is 12.4 Å². The summed E-state index contributed by atoms with van der Waals surface area (Å²) in [7, 11) is -3.29. The Morgan fingerprint density at radius 1 is 1.11 bits per heavy atom. The van der Waals surface area contributed by atoms with E-state index >= 15 is 0 Å². The highest BCUT2D eigenvalue weighted by atomic mass is 32.2. The van der Waals surface area contributed by atoms with Crippen LogP contribution in [-0.2, 0) is 14.8 Å². The topological polar surface area (TPSA) is 118 Å². The number of rotatable bonds is 8. The molecule has 1 unspecified atom stereocenters. The molecule has 11 heteroatoms. The van der Waals surface area contributed by atoms with Crippen molar-refractivity contribution in [3.8, 4) is 17.1 Å². The van der Waals surface area contributed by atoms with Gasteiger partial charge < -0.3 is 19.5 Å². The van der Waals surface area contributed by atoms with E-state index in [9.17, 15) is 13.5 Å². The number of hydrogen-bond donors (Lipinski definition) is 1. The van der Waals surface area contributed by atoms with Gasteiger partial charge in [-0.2, -0.15) is 4.31 Å². The van der Waals surface area contributed by atoms with Crippen LogP contribution in [0.2, 0.25) is 0 Å². The molecule has 2 fully saturated rings. The van der Waals surface area contributed by atoms with Gasteiger partial charge in [0.1, 0.15) is 12.7 Å². The summed E-state index contributed by atoms with van der Waals surface area (Å²) in [4.78, 5) is 15.9. The van der Waals surface area contributed by atoms with Crippen LogP contribution < -0.4 is 4.74 Å². The maximum atomic E-state index is 11.9. The summed E-state index contributed by atoms with van der Waals surface area (Å²) in [5, 5.41) is 9.17. The fourth-order valence-corrected chi connectivity index (χ4v) is 5.86. The van der Waals surface area contributed by atoms with E-state index in [4.69, 9.17) is 14.5 Å². The van der Waals surface area contributed by atoms with Crippen LogP contribution in [0, 0.1) is 0 Å². The van der Waals surface area contributed by atoms with Gasteiger partial charge in [-0.15, -0.1) is 0 Å². The molecule has 0 saturated carbocycles. The molecule has 10 nitrogen and oxygen atoms in total. The number of sulfonamides is 1. The van der Waals surface area contributed by atoms with E-state index in [1.807, 2.05) is 6.07 Å². The van der Waals surface area contributed by atoms with Crippen molar-refractivity contribution in [1.82, 2.24) is 24.2 Å². The van der Waals surface area contributed by atoms with E-state index in [-0.39, 0.29) is 19.8 Å². The zero-order valence-corrected chi connectivity index (χ0v) is 21.8. The lowest BCUT2D eigenvalue weighted by atomic mass is 9.89. The average Bonchev–Trinajstić information content (AvgIpc) is 2.92. The van der Waals surface area contributed by atoms with Gasteiger partial charge in [-0.1, -0.05) is 24.3 Å². The molecule has 4 heterocycles. The van der Waals surface area contributed by atoms with Gasteiger partial charge in [0, 0.05) is 37.6 Å². The van der Waals surface area contributed by atoms with Crippen LogP contribution in [0.4, 0.5) is 0 Å². The van der Waals surface area contributed by atoms with Crippen molar-refractivity contribution in [2.45, 2.75) is 24.9 Å². The largest absolute Gasteiger partial charge is 0.473 e. The minimum atomic E-state index is -3.29. The number of nitrogens with zero attached hydrogens (tertiary/aromatic N) is 5. The number of likely N-dealkylation sites (tertiary alicyclic amines) is 1. The quantitative estimate of drug-likeness (QED) is 0.469. The van der Waals surface area contributed by atoms with Crippen LogP contribution in [0.15, 0.2) is 42.7 Å². The number of piperidine rings is 1. The molecule has 1 atom stereocenters. The summed E-state index contributed by atoms with van der Waals surface area (Å²) >= 11 is 0. The molecule has 2 saturated heterocycles. The van der Waals surface area contributed by atoms with Crippen molar-refractivity contribution in [3.05, 3.63) is 48.3 Å². The van der Waals surface area contributed by atoms with Crippen molar-refractivity contribution >= 4 is 21.1 Å². The molecular weight excluding hydrogens is 494 g/mol. The second-order valence-corrected chi connectivity index (χ2v) is 11.6. The number of aliphatic hydroxyl groups excluding tert-OH is 1. The van der Waals surface area contributed by atoms with Crippen molar-refractivity contribution < 1.29 is 23.0 Å². The SMILES string of the molecule is CS(=O)(=O)N1CCOC(COc2nc(-c3ccc(C4CCN(CCO)CC4)cc3)cc3nccnc23)C1. The summed E-state index contributed by atoms with van der Waals surface area (Å²) in [5.41, 5.74) is 4.22. The third kappa shape index (κ3) is 6.24. The predicted octanol–water partition coefficient (Wildman–Crippen LogP) is 1.90. The number of ether oxygens (including phenoxy) is 2. The van der Waals surface area contributed by atoms with E-state index < -0.39 is 16.1 Å². The van der Waals surface area contributed by atoms with E-state index in [1.165, 1.54) is 16.1 Å². The first-order valence-corrected chi connectivity index (χ1v) is 14.5. The van der Waals surface area contributed by atoms with Crippen LogP contribution in [0.5, 0.6) is 5.88 Å². The smallest absolute Gasteiger partial charge is 0.242 e. The number of β-amino-alcohol motifs (C(OH)–C–C–N with tert-alkyl or cyclic N) is 1. The predicted molar refractivity (Wildman–Crippen MR) is 140 cm³/mol. The molecule has 0 aliphatic carbocycles. The summed E-state index contributed by atoms with van der Waals surface area (Å²) in [6, 6.07) is 10.4. The number of hydrogen-bond acceptors (Lipinski definition) is 9. The number of morpholine rings is 1. The van der Waals surface area contributed by atoms with Crippen LogP contribution in [0.3, 0.4) is 0 Å². The molecule has 1 aromatic carbocycles. The number of aromatic nitrogens is 3. The van der Waals surface area contributed by atoms with Crippen LogP contribution in [-0.4, -0.2) is 103 Å². The minimum Gasteiger partial charge on any atom is -0.473 e. The van der Waals surface area contributed by atoms with Gasteiger partial charge in [0.15, 0.2) is 5.52 Å². The molecule has 0 amide bonds. The lowest BCUT2D eigenvalue weighted by Crippen LogP contribution is -2.47. The number of fused-ring (bicyclic) bond motifs is 1. The number of aliphatic hydroxyl groups is 1. The van der Waals surface area contributed by atoms with E-state index in [0.717, 1.165) is 43.7 Å². The maximum Gasteiger partial charge on any atom is 0.242 e. The van der Waals surface area contributed by atoms with Crippen LogP contribution >= 0.6 is 0 Å². The normalized spacial score (nSPS) is 20.3. The lowest BCUT2D eigenvalue weighted by Gasteiger charge is -2.31. The average molecular weight is 528 g/mol. The Balaban J connectivity index is 1.32. The Morgan fingerprint density at radius 2 is 1.86 bits per heavy atom. The maximum absolute atomic E-state index is 11.9. The van der Waals surface area contributed by atoms with E-state index in [2.05, 4.69) is 39.1 Å². The van der Waals surface area contributed by atoms with Gasteiger partial charge in [-0.25, -0.2) is 18.4 Å². The third-order valence-electron chi connectivity index (χ3n) is 7.08. The Kier molecular flexibility index (Phi) is 7.96. The Bertz CT molecular complexity index is 1310. The first-order chi connectivity index (χ1) is 17.9. The fraction of sp³-hybridized carbons (Fsp3) is 0.500. The Hall–Kier alpha value is -2.70. The molecule has 0 radical (unpaired) electrons. The molecule has 0 bridgehead atoms. The van der Waals surface area contributed by atoms with Gasteiger partial charge in [-0.05, 0) is 43.5 Å². The molecule has 2 aliphatic rings. The standard InChI is InChI=1S/C26H33N5O5S/c1-37(33,34)31-13-15-35-22(17-31)18-36-26-25-24(27-8-9-28-25)16-23(29-26)21-4-2-19(3-5-21)20-6-10-30(11-7-20)12-14-32/h2-5,8-9,16,20,22,32H,6-7,10-15,17-18H2,1H3. The van der Waals surface area contributed by atoms with Crippen LogP contribution in [0.1, 0.15) is 24.3 Å². The molecule has 0 spiro atoms. The van der Waals surface area contributed by atoms with Gasteiger partial charge in [0.2, 0.25) is 15.9 Å². The van der Waals surface area contributed by atoms with Crippen molar-refractivity contribution in [1.29, 1.82) is 0 Å². The van der Waals surface area contributed by atoms with Gasteiger partial charge >= 0.3 is 0 Å². The number of benzene rings is 1. The summed E-state index contributed by atoms with van der Waals surface area (Å²) in [5.74, 6) is 0.862. The highest BCUT2D eigenvalue weighted by Gasteiger charge is 2.27. The van der Waals surface area contributed by atoms with E-state index in [0.29, 0.717) is 36.0 Å². The monoisotopic (exact) mass is 527 g/mol. The second-order valence-electron chi connectivity index (χ2n) is 9.62. The molecule has 37 heavy (non-hydrogen) atoms. The summed E-state index contributed by atoms with van der Waals surface area (Å²) < 4.78 is 37.1. The summed E-state index contributed by atoms with van der Waals surface area (Å²) in [6.07, 6.45) is 6.21. The van der Waals surface area contributed by atoms with Gasteiger partial charge in [0.25, 0.3) is 0 Å². The zero-order valence-electron chi connectivity index (χ0n) is 21.0. The highest BCUT2D eigenvalue weighted by Crippen LogP contribution is 2.31. The Morgan fingerprint density at radius 3 is 2.59 bits per heavy atom. The van der Waals surface area contributed by atoms with Crippen molar-refractivity contribution in [2.75, 3.05) is 58.8 Å². The molecule has 3 aromatic rings. The lowest BCUT2D eigenvalue weighted by molar-refractivity contribution is -0.0252. The third-order valence-corrected chi connectivity index (χ3v) is 8.35. The second kappa shape index (κ2) is 11.4. The van der Waals surface area contributed by atoms with Crippen LogP contribution in [0.25, 0.3) is 22.3 Å².